The van der Waals surface area contributed by atoms with E-state index in [1.54, 1.807) is 0 Å². The van der Waals surface area contributed by atoms with Gasteiger partial charge in [-0.25, -0.2) is 0 Å². The van der Waals surface area contributed by atoms with Gasteiger partial charge in [-0.3, -0.25) is 4.79 Å². The monoisotopic (exact) mass is 292 g/mol. The number of ether oxygens (including phenoxy) is 2. The number of carbonyl (C=O) groups is 1. The predicted octanol–water partition coefficient (Wildman–Crippen LogP) is 2.33. The molecule has 21 heavy (non-hydrogen) atoms. The summed E-state index contributed by atoms with van der Waals surface area (Å²) >= 11 is 0. The number of rotatable bonds is 5. The number of benzene rings is 1. The van der Waals surface area contributed by atoms with E-state index in [4.69, 9.17) is 15.2 Å². The van der Waals surface area contributed by atoms with Crippen molar-refractivity contribution < 1.29 is 14.3 Å². The fourth-order valence-corrected chi connectivity index (χ4v) is 2.33. The van der Waals surface area contributed by atoms with E-state index in [0.717, 1.165) is 17.7 Å². The predicted molar refractivity (Wildman–Crippen MR) is 82.8 cm³/mol. The fourth-order valence-electron chi connectivity index (χ4n) is 2.33. The van der Waals surface area contributed by atoms with Crippen LogP contribution in [-0.4, -0.2) is 24.7 Å². The van der Waals surface area contributed by atoms with Crippen molar-refractivity contribution in [2.45, 2.75) is 46.3 Å². The lowest BCUT2D eigenvalue weighted by molar-refractivity contribution is -0.118. The molecule has 0 saturated carbocycles. The van der Waals surface area contributed by atoms with E-state index in [9.17, 15) is 4.79 Å². The van der Waals surface area contributed by atoms with E-state index in [2.05, 4.69) is 5.32 Å². The summed E-state index contributed by atoms with van der Waals surface area (Å²) in [5.41, 5.74) is 7.61. The lowest BCUT2D eigenvalue weighted by atomic mass is 10.0. The van der Waals surface area contributed by atoms with Crippen molar-refractivity contribution in [3.63, 3.8) is 0 Å². The second-order valence-electron chi connectivity index (χ2n) is 5.78. The minimum absolute atomic E-state index is 0.0752. The molecule has 0 bridgehead atoms. The molecule has 1 heterocycles. The standard InChI is InChI=1S/C16H24N2O3/c1-5-20-14-7-11-6-10(4)21-13(11)8-12(14)18-16(19)15(17)9(2)3/h7-10,15H,5-6,17H2,1-4H3,(H,18,19). The van der Waals surface area contributed by atoms with Crippen LogP contribution in [0.3, 0.4) is 0 Å². The summed E-state index contributed by atoms with van der Waals surface area (Å²) in [5.74, 6) is 1.33. The maximum atomic E-state index is 12.1. The molecule has 1 aromatic rings. The van der Waals surface area contributed by atoms with Crippen molar-refractivity contribution in [3.8, 4) is 11.5 Å². The van der Waals surface area contributed by atoms with Crippen LogP contribution in [0.25, 0.3) is 0 Å². The molecule has 5 nitrogen and oxygen atoms in total. The van der Waals surface area contributed by atoms with Crippen LogP contribution in [0.5, 0.6) is 11.5 Å². The van der Waals surface area contributed by atoms with Gasteiger partial charge in [-0.2, -0.15) is 0 Å². The van der Waals surface area contributed by atoms with Crippen molar-refractivity contribution in [1.29, 1.82) is 0 Å². The molecule has 3 N–H and O–H groups in total. The van der Waals surface area contributed by atoms with Crippen LogP contribution in [0.15, 0.2) is 12.1 Å². The molecule has 1 aliphatic rings. The molecule has 0 aliphatic carbocycles. The number of fused-ring (bicyclic) bond motifs is 1. The van der Waals surface area contributed by atoms with Crippen molar-refractivity contribution in [3.05, 3.63) is 17.7 Å². The van der Waals surface area contributed by atoms with E-state index in [1.807, 2.05) is 39.8 Å². The molecule has 116 valence electrons. The van der Waals surface area contributed by atoms with Gasteiger partial charge in [-0.05, 0) is 25.8 Å². The first-order valence-corrected chi connectivity index (χ1v) is 7.45. The zero-order chi connectivity index (χ0) is 15.6. The molecule has 2 rings (SSSR count). The van der Waals surface area contributed by atoms with E-state index in [-0.39, 0.29) is 17.9 Å². The van der Waals surface area contributed by atoms with Crippen LogP contribution in [0.2, 0.25) is 0 Å². The van der Waals surface area contributed by atoms with Crippen molar-refractivity contribution in [2.75, 3.05) is 11.9 Å². The average Bonchev–Trinajstić information content (AvgIpc) is 2.77. The maximum absolute atomic E-state index is 12.1. The lowest BCUT2D eigenvalue weighted by Gasteiger charge is -2.18. The molecule has 1 amide bonds. The molecule has 0 spiro atoms. The van der Waals surface area contributed by atoms with Gasteiger partial charge in [-0.15, -0.1) is 0 Å². The number of nitrogens with one attached hydrogen (secondary N) is 1. The first-order valence-electron chi connectivity index (χ1n) is 7.45. The van der Waals surface area contributed by atoms with E-state index in [0.29, 0.717) is 18.0 Å². The third-order valence-electron chi connectivity index (χ3n) is 3.58. The van der Waals surface area contributed by atoms with Gasteiger partial charge in [0.2, 0.25) is 5.91 Å². The highest BCUT2D eigenvalue weighted by molar-refractivity contribution is 5.96. The number of nitrogens with two attached hydrogens (primary N) is 1. The Balaban J connectivity index is 2.25. The van der Waals surface area contributed by atoms with Crippen LogP contribution in [-0.2, 0) is 11.2 Å². The topological polar surface area (TPSA) is 73.6 Å². The Bertz CT molecular complexity index is 528. The highest BCUT2D eigenvalue weighted by Crippen LogP contribution is 2.38. The minimum Gasteiger partial charge on any atom is -0.492 e. The van der Waals surface area contributed by atoms with Gasteiger partial charge in [0.1, 0.15) is 17.6 Å². The number of hydrogen-bond donors (Lipinski definition) is 2. The van der Waals surface area contributed by atoms with Gasteiger partial charge in [0, 0.05) is 18.1 Å². The quantitative estimate of drug-likeness (QED) is 0.873. The van der Waals surface area contributed by atoms with Crippen molar-refractivity contribution >= 4 is 11.6 Å². The fraction of sp³-hybridized carbons (Fsp3) is 0.562. The zero-order valence-electron chi connectivity index (χ0n) is 13.1. The Kier molecular flexibility index (Phi) is 4.73. The molecule has 2 unspecified atom stereocenters. The van der Waals surface area contributed by atoms with E-state index >= 15 is 0 Å². The lowest BCUT2D eigenvalue weighted by Crippen LogP contribution is -2.39. The summed E-state index contributed by atoms with van der Waals surface area (Å²) in [6.45, 7) is 8.31. The molecular weight excluding hydrogens is 268 g/mol. The van der Waals surface area contributed by atoms with Gasteiger partial charge in [0.05, 0.1) is 18.3 Å². The maximum Gasteiger partial charge on any atom is 0.241 e. The Morgan fingerprint density at radius 2 is 2.24 bits per heavy atom. The smallest absolute Gasteiger partial charge is 0.241 e. The highest BCUT2D eigenvalue weighted by atomic mass is 16.5. The molecule has 0 radical (unpaired) electrons. The molecule has 2 atom stereocenters. The summed E-state index contributed by atoms with van der Waals surface area (Å²) in [5, 5.41) is 2.85. The van der Waals surface area contributed by atoms with Crippen LogP contribution >= 0.6 is 0 Å². The first-order chi connectivity index (χ1) is 9.92. The molecule has 5 heteroatoms. The van der Waals surface area contributed by atoms with Gasteiger partial charge in [0.15, 0.2) is 0 Å². The molecule has 0 saturated heterocycles. The molecule has 0 fully saturated rings. The average molecular weight is 292 g/mol. The molecule has 0 aromatic heterocycles. The van der Waals surface area contributed by atoms with Gasteiger partial charge in [-0.1, -0.05) is 13.8 Å². The SMILES string of the molecule is CCOc1cc2c(cc1NC(=O)C(N)C(C)C)OC(C)C2. The Labute approximate surface area is 125 Å². The number of amides is 1. The Morgan fingerprint density at radius 3 is 2.86 bits per heavy atom. The Hall–Kier alpha value is -1.75. The summed E-state index contributed by atoms with van der Waals surface area (Å²) in [4.78, 5) is 12.1. The minimum atomic E-state index is -0.549. The van der Waals surface area contributed by atoms with Crippen molar-refractivity contribution in [2.24, 2.45) is 11.7 Å². The third-order valence-corrected chi connectivity index (χ3v) is 3.58. The largest absolute Gasteiger partial charge is 0.492 e. The third kappa shape index (κ3) is 3.47. The first kappa shape index (κ1) is 15.6. The van der Waals surface area contributed by atoms with Crippen LogP contribution in [0.4, 0.5) is 5.69 Å². The van der Waals surface area contributed by atoms with E-state index < -0.39 is 6.04 Å². The molecule has 1 aromatic carbocycles. The summed E-state index contributed by atoms with van der Waals surface area (Å²) in [7, 11) is 0. The van der Waals surface area contributed by atoms with Gasteiger partial charge < -0.3 is 20.5 Å². The summed E-state index contributed by atoms with van der Waals surface area (Å²) in [6.07, 6.45) is 1.01. The Morgan fingerprint density at radius 1 is 1.52 bits per heavy atom. The summed E-state index contributed by atoms with van der Waals surface area (Å²) in [6, 6.07) is 3.22. The number of hydrogen-bond acceptors (Lipinski definition) is 4. The molecular formula is C16H24N2O3. The second-order valence-corrected chi connectivity index (χ2v) is 5.78. The van der Waals surface area contributed by atoms with Crippen LogP contribution in [0.1, 0.15) is 33.3 Å². The highest BCUT2D eigenvalue weighted by Gasteiger charge is 2.24. The second kappa shape index (κ2) is 6.35. The van der Waals surface area contributed by atoms with Gasteiger partial charge >= 0.3 is 0 Å². The van der Waals surface area contributed by atoms with Crippen molar-refractivity contribution in [1.82, 2.24) is 0 Å². The van der Waals surface area contributed by atoms with Crippen LogP contribution in [0, 0.1) is 5.92 Å². The zero-order valence-corrected chi connectivity index (χ0v) is 13.1. The normalized spacial score (nSPS) is 18.1. The summed E-state index contributed by atoms with van der Waals surface area (Å²) < 4.78 is 11.4. The van der Waals surface area contributed by atoms with E-state index in [1.165, 1.54) is 0 Å². The molecule has 1 aliphatic heterocycles. The number of carbonyl (C=O) groups excluding carboxylic acids is 1. The van der Waals surface area contributed by atoms with Crippen LogP contribution < -0.4 is 20.5 Å². The number of anilines is 1. The van der Waals surface area contributed by atoms with Gasteiger partial charge in [0.25, 0.3) is 0 Å².